The molecule has 0 radical (unpaired) electrons. The zero-order valence-electron chi connectivity index (χ0n) is 13.8. The first-order chi connectivity index (χ1) is 10.9. The van der Waals surface area contributed by atoms with Crippen LogP contribution in [-0.2, 0) is 14.8 Å². The summed E-state index contributed by atoms with van der Waals surface area (Å²) in [7, 11) is -3.44. The average Bonchev–Trinajstić information content (AvgIpc) is 2.93. The van der Waals surface area contributed by atoms with Crippen LogP contribution in [0.1, 0.15) is 36.8 Å². The summed E-state index contributed by atoms with van der Waals surface area (Å²) in [6.45, 7) is 5.61. The second kappa shape index (κ2) is 6.24. The molecule has 1 aromatic rings. The van der Waals surface area contributed by atoms with Crippen LogP contribution in [0.2, 0.25) is 0 Å². The first kappa shape index (κ1) is 16.5. The number of sulfonamides is 1. The zero-order chi connectivity index (χ0) is 16.6. The number of hydrogen-bond donors (Lipinski definition) is 0. The molecule has 0 atom stereocenters. The number of hydrogen-bond acceptors (Lipinski definition) is 3. The van der Waals surface area contributed by atoms with Crippen molar-refractivity contribution in [3.63, 3.8) is 0 Å². The number of likely N-dealkylation sites (tertiary alicyclic amines) is 1. The Kier molecular flexibility index (Phi) is 4.47. The van der Waals surface area contributed by atoms with E-state index < -0.39 is 10.0 Å². The minimum Gasteiger partial charge on any atom is -0.340 e. The molecule has 2 heterocycles. The van der Waals surface area contributed by atoms with Gasteiger partial charge in [0.2, 0.25) is 15.9 Å². The van der Waals surface area contributed by atoms with Gasteiger partial charge in [-0.2, -0.15) is 4.31 Å². The molecule has 2 aliphatic rings. The summed E-state index contributed by atoms with van der Waals surface area (Å²) in [5.41, 5.74) is 1.86. The topological polar surface area (TPSA) is 57.7 Å². The number of rotatable bonds is 3. The second-order valence-corrected chi connectivity index (χ2v) is 8.50. The Morgan fingerprint density at radius 2 is 1.78 bits per heavy atom. The monoisotopic (exact) mass is 336 g/mol. The predicted octanol–water partition coefficient (Wildman–Crippen LogP) is 2.08. The van der Waals surface area contributed by atoms with Crippen molar-refractivity contribution in [3.05, 3.63) is 29.3 Å². The zero-order valence-corrected chi connectivity index (χ0v) is 14.6. The summed E-state index contributed by atoms with van der Waals surface area (Å²) < 4.78 is 27.3. The van der Waals surface area contributed by atoms with E-state index in [-0.39, 0.29) is 11.9 Å². The van der Waals surface area contributed by atoms with Crippen LogP contribution in [0.4, 0.5) is 0 Å². The van der Waals surface area contributed by atoms with Crippen LogP contribution in [0.3, 0.4) is 0 Å². The minimum absolute atomic E-state index is 0.204. The minimum atomic E-state index is -3.44. The van der Waals surface area contributed by atoms with Gasteiger partial charge in [0.25, 0.3) is 0 Å². The average molecular weight is 336 g/mol. The van der Waals surface area contributed by atoms with E-state index in [0.717, 1.165) is 36.9 Å². The highest BCUT2D eigenvalue weighted by Gasteiger charge is 2.35. The van der Waals surface area contributed by atoms with E-state index in [1.54, 1.807) is 10.4 Å². The number of piperidine rings is 1. The Labute approximate surface area is 138 Å². The molecule has 1 aromatic carbocycles. The van der Waals surface area contributed by atoms with E-state index in [1.807, 2.05) is 30.9 Å². The van der Waals surface area contributed by atoms with Gasteiger partial charge in [-0.3, -0.25) is 4.79 Å². The maximum absolute atomic E-state index is 12.9. The van der Waals surface area contributed by atoms with Gasteiger partial charge >= 0.3 is 0 Å². The highest BCUT2D eigenvalue weighted by Crippen LogP contribution is 2.27. The Morgan fingerprint density at radius 1 is 1.09 bits per heavy atom. The standard InChI is InChI=1S/C17H24N2O3S/c1-13-5-6-16(14(2)12-13)23(21,22)18-10-7-15(8-11-18)19-9-3-4-17(19)20/h5-6,12,15H,3-4,7-11H2,1-2H3. The fourth-order valence-electron chi connectivity index (χ4n) is 3.68. The highest BCUT2D eigenvalue weighted by atomic mass is 32.2. The molecule has 0 bridgehead atoms. The first-order valence-electron chi connectivity index (χ1n) is 8.26. The van der Waals surface area contributed by atoms with Crippen LogP contribution in [0.25, 0.3) is 0 Å². The van der Waals surface area contributed by atoms with Crippen molar-refractivity contribution < 1.29 is 13.2 Å². The van der Waals surface area contributed by atoms with Gasteiger partial charge in [0, 0.05) is 32.1 Å². The Bertz CT molecular complexity index is 707. The van der Waals surface area contributed by atoms with E-state index in [0.29, 0.717) is 24.4 Å². The Hall–Kier alpha value is -1.40. The first-order valence-corrected chi connectivity index (χ1v) is 9.70. The summed E-state index contributed by atoms with van der Waals surface area (Å²) in [4.78, 5) is 14.2. The molecule has 23 heavy (non-hydrogen) atoms. The normalized spacial score (nSPS) is 21.1. The van der Waals surface area contributed by atoms with Gasteiger partial charge in [-0.15, -0.1) is 0 Å². The van der Waals surface area contributed by atoms with Crippen LogP contribution in [0, 0.1) is 13.8 Å². The van der Waals surface area contributed by atoms with Crippen LogP contribution in [-0.4, -0.2) is 49.2 Å². The van der Waals surface area contributed by atoms with Crippen molar-refractivity contribution in [1.82, 2.24) is 9.21 Å². The number of amides is 1. The lowest BCUT2D eigenvalue weighted by Gasteiger charge is -2.36. The lowest BCUT2D eigenvalue weighted by atomic mass is 10.1. The molecule has 0 N–H and O–H groups in total. The van der Waals surface area contributed by atoms with Gasteiger partial charge in [0.05, 0.1) is 4.90 Å². The molecule has 0 aliphatic carbocycles. The molecule has 0 aromatic heterocycles. The number of carbonyl (C=O) groups excluding carboxylic acids is 1. The fourth-order valence-corrected chi connectivity index (χ4v) is 5.35. The summed E-state index contributed by atoms with van der Waals surface area (Å²) >= 11 is 0. The molecule has 5 nitrogen and oxygen atoms in total. The molecule has 0 spiro atoms. The molecule has 1 amide bonds. The van der Waals surface area contributed by atoms with Crippen molar-refractivity contribution >= 4 is 15.9 Å². The molecule has 3 rings (SSSR count). The van der Waals surface area contributed by atoms with Crippen LogP contribution < -0.4 is 0 Å². The molecule has 2 fully saturated rings. The Morgan fingerprint density at radius 3 is 2.35 bits per heavy atom. The van der Waals surface area contributed by atoms with E-state index in [9.17, 15) is 13.2 Å². The second-order valence-electron chi connectivity index (χ2n) is 6.59. The quantitative estimate of drug-likeness (QED) is 0.849. The lowest BCUT2D eigenvalue weighted by Crippen LogP contribution is -2.47. The number of nitrogens with zero attached hydrogens (tertiary/aromatic N) is 2. The van der Waals surface area contributed by atoms with E-state index >= 15 is 0 Å². The van der Waals surface area contributed by atoms with Gasteiger partial charge in [0.15, 0.2) is 0 Å². The summed E-state index contributed by atoms with van der Waals surface area (Å²) in [6, 6.07) is 5.66. The van der Waals surface area contributed by atoms with Gasteiger partial charge in [-0.25, -0.2) is 8.42 Å². The van der Waals surface area contributed by atoms with Gasteiger partial charge in [0.1, 0.15) is 0 Å². The Balaban J connectivity index is 1.72. The van der Waals surface area contributed by atoms with Gasteiger partial charge < -0.3 is 4.90 Å². The number of aryl methyl sites for hydroxylation is 2. The van der Waals surface area contributed by atoms with Gasteiger partial charge in [-0.05, 0) is 44.7 Å². The number of benzene rings is 1. The molecular formula is C17H24N2O3S. The summed E-state index contributed by atoms with van der Waals surface area (Å²) in [5, 5.41) is 0. The van der Waals surface area contributed by atoms with Crippen molar-refractivity contribution in [2.24, 2.45) is 0 Å². The molecule has 2 aliphatic heterocycles. The maximum Gasteiger partial charge on any atom is 0.243 e. The van der Waals surface area contributed by atoms with Crippen molar-refractivity contribution in [2.75, 3.05) is 19.6 Å². The van der Waals surface area contributed by atoms with Crippen LogP contribution in [0.15, 0.2) is 23.1 Å². The van der Waals surface area contributed by atoms with Gasteiger partial charge in [-0.1, -0.05) is 17.7 Å². The van der Waals surface area contributed by atoms with Crippen LogP contribution >= 0.6 is 0 Å². The van der Waals surface area contributed by atoms with E-state index in [2.05, 4.69) is 0 Å². The summed E-state index contributed by atoms with van der Waals surface area (Å²) in [5.74, 6) is 0.223. The maximum atomic E-state index is 12.9. The third-order valence-electron chi connectivity index (χ3n) is 4.92. The fraction of sp³-hybridized carbons (Fsp3) is 0.588. The van der Waals surface area contributed by atoms with E-state index in [4.69, 9.17) is 0 Å². The SMILES string of the molecule is Cc1ccc(S(=O)(=O)N2CCC(N3CCCC3=O)CC2)c(C)c1. The van der Waals surface area contributed by atoms with Crippen molar-refractivity contribution in [2.45, 2.75) is 50.5 Å². The highest BCUT2D eigenvalue weighted by molar-refractivity contribution is 7.89. The molecule has 2 saturated heterocycles. The molecule has 0 unspecified atom stereocenters. The molecule has 0 saturated carbocycles. The summed E-state index contributed by atoms with van der Waals surface area (Å²) in [6.07, 6.45) is 3.03. The van der Waals surface area contributed by atoms with Crippen molar-refractivity contribution in [1.29, 1.82) is 0 Å². The molecular weight excluding hydrogens is 312 g/mol. The molecule has 6 heteroatoms. The smallest absolute Gasteiger partial charge is 0.243 e. The van der Waals surface area contributed by atoms with E-state index in [1.165, 1.54) is 0 Å². The predicted molar refractivity (Wildman–Crippen MR) is 88.6 cm³/mol. The number of carbonyl (C=O) groups is 1. The largest absolute Gasteiger partial charge is 0.340 e. The third-order valence-corrected chi connectivity index (χ3v) is 6.98. The third kappa shape index (κ3) is 3.15. The molecule has 126 valence electrons. The lowest BCUT2D eigenvalue weighted by molar-refractivity contribution is -0.130. The van der Waals surface area contributed by atoms with Crippen LogP contribution in [0.5, 0.6) is 0 Å². The van der Waals surface area contributed by atoms with Crippen molar-refractivity contribution in [3.8, 4) is 0 Å².